The van der Waals surface area contributed by atoms with E-state index in [1.165, 1.54) is 0 Å². The van der Waals surface area contributed by atoms with Crippen LogP contribution in [0.25, 0.3) is 5.69 Å². The van der Waals surface area contributed by atoms with E-state index in [9.17, 15) is 4.79 Å². The number of rotatable bonds is 5. The number of urea groups is 1. The van der Waals surface area contributed by atoms with Gasteiger partial charge in [0.2, 0.25) is 0 Å². The molecule has 2 amide bonds. The van der Waals surface area contributed by atoms with Gasteiger partial charge >= 0.3 is 6.03 Å². The number of carbonyl (C=O) groups excluding carboxylic acids is 1. The first-order valence-electron chi connectivity index (χ1n) is 10.5. The fraction of sp³-hybridized carbons (Fsp3) is 0.160. The van der Waals surface area contributed by atoms with Crippen LogP contribution in [0.15, 0.2) is 79.1 Å². The molecular formula is C25H26N6O2. The molecule has 4 rings (SSSR count). The molecule has 2 heterocycles. The molecule has 0 atom stereocenters. The molecule has 0 saturated heterocycles. The van der Waals surface area contributed by atoms with Crippen molar-refractivity contribution in [3.05, 3.63) is 84.8 Å². The lowest BCUT2D eigenvalue weighted by Crippen LogP contribution is -2.21. The molecule has 0 radical (unpaired) electrons. The number of hydrogen-bond donors (Lipinski definition) is 3. The minimum atomic E-state index is -0.386. The SMILES string of the molecule is CC(C)(C)c1cc(NC(=O)Nc2ccc(Oc3ccncc3)cc2)n(-c2cccc(N)c2)n1. The molecule has 0 unspecified atom stereocenters. The molecule has 4 N–H and O–H groups in total. The third-order valence-electron chi connectivity index (χ3n) is 4.83. The number of anilines is 3. The van der Waals surface area contributed by atoms with E-state index < -0.39 is 0 Å². The van der Waals surface area contributed by atoms with Crippen LogP contribution in [0.4, 0.5) is 22.0 Å². The van der Waals surface area contributed by atoms with E-state index in [1.807, 2.05) is 24.3 Å². The van der Waals surface area contributed by atoms with Gasteiger partial charge in [0.05, 0.1) is 11.4 Å². The average Bonchev–Trinajstić information content (AvgIpc) is 3.20. The molecule has 8 heteroatoms. The molecule has 168 valence electrons. The maximum atomic E-state index is 12.7. The highest BCUT2D eigenvalue weighted by atomic mass is 16.5. The monoisotopic (exact) mass is 442 g/mol. The van der Waals surface area contributed by atoms with Crippen LogP contribution < -0.4 is 21.1 Å². The van der Waals surface area contributed by atoms with E-state index in [1.54, 1.807) is 59.5 Å². The molecule has 4 aromatic rings. The van der Waals surface area contributed by atoms with Crippen LogP contribution in [0.1, 0.15) is 26.5 Å². The van der Waals surface area contributed by atoms with E-state index in [2.05, 4.69) is 36.4 Å². The fourth-order valence-electron chi connectivity index (χ4n) is 3.12. The lowest BCUT2D eigenvalue weighted by molar-refractivity contribution is 0.262. The average molecular weight is 443 g/mol. The molecule has 0 aliphatic rings. The third kappa shape index (κ3) is 5.48. The van der Waals surface area contributed by atoms with Crippen molar-refractivity contribution in [3.8, 4) is 17.2 Å². The van der Waals surface area contributed by atoms with Crippen LogP contribution in [-0.2, 0) is 5.41 Å². The number of benzene rings is 2. The lowest BCUT2D eigenvalue weighted by Gasteiger charge is -2.14. The number of hydrogen-bond acceptors (Lipinski definition) is 5. The molecule has 8 nitrogen and oxygen atoms in total. The number of pyridine rings is 1. The first kappa shape index (κ1) is 21.9. The van der Waals surface area contributed by atoms with Crippen molar-refractivity contribution in [2.45, 2.75) is 26.2 Å². The molecule has 0 aliphatic heterocycles. The summed E-state index contributed by atoms with van der Waals surface area (Å²) in [6, 6.07) is 19.5. The van der Waals surface area contributed by atoms with Gasteiger partial charge in [-0.05, 0) is 54.6 Å². The van der Waals surface area contributed by atoms with Crippen LogP contribution in [-0.4, -0.2) is 20.8 Å². The van der Waals surface area contributed by atoms with Crippen LogP contribution in [0.3, 0.4) is 0 Å². The van der Waals surface area contributed by atoms with Gasteiger partial charge in [-0.2, -0.15) is 5.10 Å². The predicted octanol–water partition coefficient (Wildman–Crippen LogP) is 5.58. The third-order valence-corrected chi connectivity index (χ3v) is 4.83. The Hall–Kier alpha value is -4.33. The molecule has 0 aliphatic carbocycles. The summed E-state index contributed by atoms with van der Waals surface area (Å²) in [5.74, 6) is 1.88. The van der Waals surface area contributed by atoms with Gasteiger partial charge in [-0.3, -0.25) is 10.3 Å². The predicted molar refractivity (Wildman–Crippen MR) is 130 cm³/mol. The normalized spacial score (nSPS) is 11.1. The Balaban J connectivity index is 1.49. The summed E-state index contributed by atoms with van der Waals surface area (Å²) >= 11 is 0. The minimum absolute atomic E-state index is 0.191. The second-order valence-corrected chi connectivity index (χ2v) is 8.56. The van der Waals surface area contributed by atoms with Crippen molar-refractivity contribution in [2.24, 2.45) is 0 Å². The highest BCUT2D eigenvalue weighted by Crippen LogP contribution is 2.27. The quantitative estimate of drug-likeness (QED) is 0.350. The van der Waals surface area contributed by atoms with Crippen LogP contribution in [0.5, 0.6) is 11.5 Å². The van der Waals surface area contributed by atoms with Gasteiger partial charge in [0.25, 0.3) is 0 Å². The molecular weight excluding hydrogens is 416 g/mol. The second-order valence-electron chi connectivity index (χ2n) is 8.56. The Morgan fingerprint density at radius 1 is 0.939 bits per heavy atom. The van der Waals surface area contributed by atoms with Crippen LogP contribution in [0.2, 0.25) is 0 Å². The second kappa shape index (κ2) is 9.04. The van der Waals surface area contributed by atoms with E-state index in [0.29, 0.717) is 28.7 Å². The summed E-state index contributed by atoms with van der Waals surface area (Å²) in [4.78, 5) is 16.7. The van der Waals surface area contributed by atoms with Gasteiger partial charge in [-0.25, -0.2) is 9.48 Å². The summed E-state index contributed by atoms with van der Waals surface area (Å²) < 4.78 is 7.44. The Morgan fingerprint density at radius 3 is 2.30 bits per heavy atom. The molecule has 0 bridgehead atoms. The number of aromatic nitrogens is 3. The molecule has 0 saturated carbocycles. The van der Waals surface area contributed by atoms with Crippen molar-refractivity contribution in [2.75, 3.05) is 16.4 Å². The first-order chi connectivity index (χ1) is 15.8. The zero-order valence-corrected chi connectivity index (χ0v) is 18.7. The number of nitrogens with one attached hydrogen (secondary N) is 2. The summed E-state index contributed by atoms with van der Waals surface area (Å²) in [6.07, 6.45) is 3.32. The van der Waals surface area contributed by atoms with Crippen molar-refractivity contribution in [1.82, 2.24) is 14.8 Å². The van der Waals surface area contributed by atoms with Crippen molar-refractivity contribution in [1.29, 1.82) is 0 Å². The molecule has 2 aromatic carbocycles. The molecule has 33 heavy (non-hydrogen) atoms. The van der Waals surface area contributed by atoms with Crippen LogP contribution in [0, 0.1) is 0 Å². The van der Waals surface area contributed by atoms with Gasteiger partial charge in [0.15, 0.2) is 0 Å². The van der Waals surface area contributed by atoms with Gasteiger partial charge in [-0.1, -0.05) is 26.8 Å². The van der Waals surface area contributed by atoms with Gasteiger partial charge < -0.3 is 15.8 Å². The smallest absolute Gasteiger partial charge is 0.324 e. The Bertz CT molecular complexity index is 1240. The topological polar surface area (TPSA) is 107 Å². The largest absolute Gasteiger partial charge is 0.457 e. The van der Waals surface area contributed by atoms with E-state index in [-0.39, 0.29) is 11.4 Å². The summed E-state index contributed by atoms with van der Waals surface area (Å²) in [5.41, 5.74) is 8.61. The van der Waals surface area contributed by atoms with Gasteiger partial charge in [0, 0.05) is 35.2 Å². The van der Waals surface area contributed by atoms with Crippen molar-refractivity contribution < 1.29 is 9.53 Å². The molecule has 0 fully saturated rings. The van der Waals surface area contributed by atoms with E-state index in [0.717, 1.165) is 11.4 Å². The number of nitrogens with zero attached hydrogens (tertiary/aromatic N) is 3. The highest BCUT2D eigenvalue weighted by Gasteiger charge is 2.21. The minimum Gasteiger partial charge on any atom is -0.457 e. The maximum absolute atomic E-state index is 12.7. The zero-order chi connectivity index (χ0) is 23.4. The lowest BCUT2D eigenvalue weighted by atomic mass is 9.92. The Morgan fingerprint density at radius 2 is 1.64 bits per heavy atom. The summed E-state index contributed by atoms with van der Waals surface area (Å²) in [6.45, 7) is 6.20. The summed E-state index contributed by atoms with van der Waals surface area (Å²) in [7, 11) is 0. The summed E-state index contributed by atoms with van der Waals surface area (Å²) in [5, 5.41) is 10.4. The zero-order valence-electron chi connectivity index (χ0n) is 18.7. The van der Waals surface area contributed by atoms with Crippen molar-refractivity contribution in [3.63, 3.8) is 0 Å². The van der Waals surface area contributed by atoms with Gasteiger partial charge in [-0.15, -0.1) is 0 Å². The highest BCUT2D eigenvalue weighted by molar-refractivity contribution is 5.99. The van der Waals surface area contributed by atoms with E-state index in [4.69, 9.17) is 15.6 Å². The number of nitrogens with two attached hydrogens (primary N) is 1. The number of carbonyl (C=O) groups is 1. The number of ether oxygens (including phenoxy) is 1. The van der Waals surface area contributed by atoms with E-state index >= 15 is 0 Å². The molecule has 2 aromatic heterocycles. The number of nitrogen functional groups attached to an aromatic ring is 1. The first-order valence-corrected chi connectivity index (χ1v) is 10.5. The number of amides is 2. The maximum Gasteiger partial charge on any atom is 0.324 e. The van der Waals surface area contributed by atoms with Crippen LogP contribution >= 0.6 is 0 Å². The fourth-order valence-corrected chi connectivity index (χ4v) is 3.12. The standard InChI is InChI=1S/C25H26N6O2/c1-25(2,3)22-16-23(31(30-22)19-6-4-5-17(26)15-19)29-24(32)28-18-7-9-20(10-8-18)33-21-11-13-27-14-12-21/h4-16H,26H2,1-3H3,(H2,28,29,32). The Labute approximate surface area is 192 Å². The Kier molecular flexibility index (Phi) is 5.99. The van der Waals surface area contributed by atoms with Crippen molar-refractivity contribution >= 4 is 23.2 Å². The molecule has 0 spiro atoms. The van der Waals surface area contributed by atoms with Gasteiger partial charge in [0.1, 0.15) is 17.3 Å².